The van der Waals surface area contributed by atoms with E-state index in [1.54, 1.807) is 55.5 Å². The van der Waals surface area contributed by atoms with Gasteiger partial charge in [-0.2, -0.15) is 0 Å². The summed E-state index contributed by atoms with van der Waals surface area (Å²) in [5.41, 5.74) is 2.66. The molecule has 49 heavy (non-hydrogen) atoms. The molecule has 5 unspecified atom stereocenters. The van der Waals surface area contributed by atoms with Gasteiger partial charge in [0.2, 0.25) is 6.35 Å². The monoisotopic (exact) mass is 699 g/mol. The highest BCUT2D eigenvalue weighted by molar-refractivity contribution is 7.83. The van der Waals surface area contributed by atoms with E-state index < -0.39 is 37.1 Å². The number of hydrogen-bond acceptors (Lipinski definition) is 8. The summed E-state index contributed by atoms with van der Waals surface area (Å²) in [5.74, 6) is -0.121. The van der Waals surface area contributed by atoms with Gasteiger partial charge in [-0.15, -0.1) is 0 Å². The van der Waals surface area contributed by atoms with Crippen LogP contribution in [-0.2, 0) is 19.4 Å². The fourth-order valence-electron chi connectivity index (χ4n) is 6.16. The maximum atomic E-state index is 13.1. The molecule has 2 heterocycles. The van der Waals surface area contributed by atoms with Crippen LogP contribution in [0.25, 0.3) is 0 Å². The van der Waals surface area contributed by atoms with E-state index >= 15 is 0 Å². The number of carbonyl (C=O) groups is 1. The van der Waals surface area contributed by atoms with E-state index in [2.05, 4.69) is 52.0 Å². The molecular weight excluding hydrogens is 661 g/mol. The number of carbonyl (C=O) groups excluding carboxylic acids is 1. The van der Waals surface area contributed by atoms with Crippen molar-refractivity contribution in [1.82, 2.24) is 20.2 Å². The van der Waals surface area contributed by atoms with Crippen LogP contribution in [-0.4, -0.2) is 71.8 Å². The summed E-state index contributed by atoms with van der Waals surface area (Å²) in [7, 11) is 3.18. The quantitative estimate of drug-likeness (QED) is 0.131. The molecule has 3 N–H and O–H groups in total. The van der Waals surface area contributed by atoms with Crippen molar-refractivity contribution in [3.05, 3.63) is 156 Å². The van der Waals surface area contributed by atoms with Gasteiger partial charge >= 0.3 is 6.87 Å². The average Bonchev–Trinajstić information content (AvgIpc) is 3.53. The molecule has 1 saturated heterocycles. The zero-order chi connectivity index (χ0) is 34.4. The van der Waals surface area contributed by atoms with Gasteiger partial charge in [0, 0.05) is 24.2 Å². The number of aliphatic imine (C=N–C) groups is 1. The number of amidine groups is 1. The molecule has 5 atom stereocenters. The molecule has 4 aromatic rings. The number of aliphatic hydroxyl groups excluding tert-OH is 1. The van der Waals surface area contributed by atoms with Crippen molar-refractivity contribution < 1.29 is 23.7 Å². The summed E-state index contributed by atoms with van der Waals surface area (Å²) in [6.45, 7) is -3.71. The molecule has 0 aliphatic carbocycles. The van der Waals surface area contributed by atoms with E-state index in [0.29, 0.717) is 12.0 Å². The van der Waals surface area contributed by atoms with Crippen LogP contribution in [0.15, 0.2) is 139 Å². The third-order valence-electron chi connectivity index (χ3n) is 8.67. The van der Waals surface area contributed by atoms with Crippen molar-refractivity contribution in [2.75, 3.05) is 20.7 Å². The van der Waals surface area contributed by atoms with Crippen LogP contribution in [0.4, 0.5) is 0 Å². The lowest BCUT2D eigenvalue weighted by atomic mass is 9.76. The number of aliphatic hydroxyl groups is 1. The van der Waals surface area contributed by atoms with E-state index in [0.717, 1.165) is 16.7 Å². The first-order valence-corrected chi connectivity index (χ1v) is 18.5. The fourth-order valence-corrected chi connectivity index (χ4v) is 6.89. The van der Waals surface area contributed by atoms with Crippen LogP contribution in [0, 0.1) is 0 Å². The molecule has 0 aromatic heterocycles. The molecule has 12 heteroatoms. The molecular formula is C37H39ClN5O5P. The first-order valence-electron chi connectivity index (χ1n) is 16.0. The Balaban J connectivity index is 1.32. The molecule has 10 nitrogen and oxygen atoms in total. The Morgan fingerprint density at radius 2 is 1.45 bits per heavy atom. The SMILES string of the molecule is CN(C)P(=O)(Cl)OCC1OC(N2C=CC(NC(=O)c3ccccc3)=NC2O)CC1NC(c1ccccc1)(c1ccccc1)c1ccccc1. The van der Waals surface area contributed by atoms with E-state index in [1.165, 1.54) is 4.67 Å². The van der Waals surface area contributed by atoms with Crippen molar-refractivity contribution in [2.24, 2.45) is 4.99 Å². The molecule has 0 radical (unpaired) electrons. The minimum Gasteiger partial charge on any atom is -0.355 e. The third kappa shape index (κ3) is 7.71. The highest BCUT2D eigenvalue weighted by Gasteiger charge is 2.46. The van der Waals surface area contributed by atoms with Gasteiger partial charge in [-0.1, -0.05) is 109 Å². The summed E-state index contributed by atoms with van der Waals surface area (Å²) in [6, 6.07) is 38.9. The molecule has 254 valence electrons. The molecule has 0 spiro atoms. The van der Waals surface area contributed by atoms with Gasteiger partial charge in [-0.3, -0.25) is 14.7 Å². The van der Waals surface area contributed by atoms with E-state index in [-0.39, 0.29) is 18.3 Å². The Hall–Kier alpha value is -4.12. The Kier molecular flexibility index (Phi) is 10.8. The fraction of sp³-hybridized carbons (Fsp3) is 0.243. The minimum absolute atomic E-state index is 0.0864. The van der Waals surface area contributed by atoms with Gasteiger partial charge in [-0.05, 0) is 60.2 Å². The van der Waals surface area contributed by atoms with Gasteiger partial charge in [-0.25, -0.2) is 9.66 Å². The zero-order valence-corrected chi connectivity index (χ0v) is 28.8. The van der Waals surface area contributed by atoms with Crippen molar-refractivity contribution >= 4 is 29.9 Å². The molecule has 0 bridgehead atoms. The van der Waals surface area contributed by atoms with Crippen LogP contribution in [0.2, 0.25) is 0 Å². The van der Waals surface area contributed by atoms with Crippen molar-refractivity contribution in [3.63, 3.8) is 0 Å². The van der Waals surface area contributed by atoms with E-state index in [1.807, 2.05) is 60.7 Å². The summed E-state index contributed by atoms with van der Waals surface area (Å²) in [5, 5.41) is 17.9. The van der Waals surface area contributed by atoms with Crippen LogP contribution >= 0.6 is 18.1 Å². The molecule has 2 aliphatic heterocycles. The highest BCUT2D eigenvalue weighted by atomic mass is 35.7. The van der Waals surface area contributed by atoms with Gasteiger partial charge in [0.1, 0.15) is 12.1 Å². The van der Waals surface area contributed by atoms with Gasteiger partial charge in [0.15, 0.2) is 0 Å². The number of benzene rings is 4. The number of hydrogen-bond donors (Lipinski definition) is 3. The molecule has 1 fully saturated rings. The van der Waals surface area contributed by atoms with Gasteiger partial charge in [0.25, 0.3) is 5.91 Å². The molecule has 4 aromatic carbocycles. The third-order valence-corrected chi connectivity index (χ3v) is 11.3. The van der Waals surface area contributed by atoms with Crippen LogP contribution in [0.1, 0.15) is 33.5 Å². The number of ether oxygens (including phenoxy) is 1. The second kappa shape index (κ2) is 15.2. The lowest BCUT2D eigenvalue weighted by Crippen LogP contribution is -2.53. The number of halogens is 1. The lowest BCUT2D eigenvalue weighted by molar-refractivity contribution is -0.105. The lowest BCUT2D eigenvalue weighted by Gasteiger charge is -2.40. The summed E-state index contributed by atoms with van der Waals surface area (Å²) >= 11 is 6.30. The van der Waals surface area contributed by atoms with E-state index in [4.69, 9.17) is 20.5 Å². The largest absolute Gasteiger partial charge is 0.362 e. The van der Waals surface area contributed by atoms with Crippen LogP contribution < -0.4 is 10.6 Å². The topological polar surface area (TPSA) is 116 Å². The second-order valence-electron chi connectivity index (χ2n) is 12.0. The summed E-state index contributed by atoms with van der Waals surface area (Å²) in [6.07, 6.45) is 1.00. The van der Waals surface area contributed by atoms with Gasteiger partial charge < -0.3 is 24.6 Å². The second-order valence-corrected chi connectivity index (χ2v) is 15.2. The van der Waals surface area contributed by atoms with Gasteiger partial charge in [0.05, 0.1) is 18.2 Å². The number of amides is 1. The highest BCUT2D eigenvalue weighted by Crippen LogP contribution is 2.54. The maximum Gasteiger partial charge on any atom is 0.362 e. The minimum atomic E-state index is -3.62. The Morgan fingerprint density at radius 1 is 0.939 bits per heavy atom. The predicted molar refractivity (Wildman–Crippen MR) is 191 cm³/mol. The van der Waals surface area contributed by atoms with Crippen molar-refractivity contribution in [3.8, 4) is 0 Å². The Bertz CT molecular complexity index is 1720. The van der Waals surface area contributed by atoms with Crippen molar-refractivity contribution in [2.45, 2.75) is 36.7 Å². The average molecular weight is 700 g/mol. The first kappa shape index (κ1) is 34.7. The zero-order valence-electron chi connectivity index (χ0n) is 27.2. The summed E-state index contributed by atoms with van der Waals surface area (Å²) < 4.78 is 26.8. The number of nitrogens with zero attached hydrogens (tertiary/aromatic N) is 3. The van der Waals surface area contributed by atoms with Crippen LogP contribution in [0.3, 0.4) is 0 Å². The normalized spacial score (nSPS) is 22.1. The Morgan fingerprint density at radius 3 is 1.94 bits per heavy atom. The maximum absolute atomic E-state index is 13.1. The number of rotatable bonds is 11. The summed E-state index contributed by atoms with van der Waals surface area (Å²) in [4.78, 5) is 18.6. The number of nitrogens with one attached hydrogen (secondary N) is 2. The standard InChI is InChI=1S/C37H39ClN5O5P/c1-42(2)49(38,46)47-26-32-31(25-34(48-32)43-24-23-33(40-36(43)45)39-35(44)27-15-7-3-8-16-27)41-37(28-17-9-4-10-18-28,29-19-11-5-12-20-29)30-21-13-6-14-22-30/h3-24,31-32,34,36,41,45H,25-26H2,1-2H3,(H,39,40,44). The smallest absolute Gasteiger partial charge is 0.355 e. The first-order chi connectivity index (χ1) is 23.7. The Labute approximate surface area is 291 Å². The van der Waals surface area contributed by atoms with Crippen molar-refractivity contribution in [1.29, 1.82) is 0 Å². The molecule has 0 saturated carbocycles. The predicted octanol–water partition coefficient (Wildman–Crippen LogP) is 5.91. The molecule has 6 rings (SSSR count). The van der Waals surface area contributed by atoms with Crippen LogP contribution in [0.5, 0.6) is 0 Å². The molecule has 1 amide bonds. The molecule has 2 aliphatic rings. The van der Waals surface area contributed by atoms with E-state index in [9.17, 15) is 14.5 Å².